The van der Waals surface area contributed by atoms with Crippen molar-refractivity contribution in [2.75, 3.05) is 13.1 Å². The normalized spacial score (nSPS) is 17.5. The lowest BCUT2D eigenvalue weighted by Crippen LogP contribution is -2.47. The molecule has 140 valence electrons. The number of benzene rings is 1. The molecule has 0 aliphatic carbocycles. The first kappa shape index (κ1) is 21.5. The summed E-state index contributed by atoms with van der Waals surface area (Å²) in [7, 11) is 0. The number of rotatable bonds is 7. The van der Waals surface area contributed by atoms with E-state index in [0.29, 0.717) is 13.1 Å². The van der Waals surface area contributed by atoms with Crippen molar-refractivity contribution >= 4 is 18.3 Å². The number of aromatic hydroxyl groups is 1. The minimum atomic E-state index is -0.304. The molecule has 1 aromatic rings. The van der Waals surface area contributed by atoms with E-state index in [-0.39, 0.29) is 35.1 Å². The van der Waals surface area contributed by atoms with Crippen LogP contribution in [0.2, 0.25) is 0 Å². The molecule has 0 bridgehead atoms. The summed E-state index contributed by atoms with van der Waals surface area (Å²) in [4.78, 5) is 12.4. The molecule has 2 rings (SSSR count). The van der Waals surface area contributed by atoms with E-state index in [9.17, 15) is 9.90 Å². The molecule has 0 atom stereocenters. The maximum atomic E-state index is 12.4. The van der Waals surface area contributed by atoms with Gasteiger partial charge >= 0.3 is 0 Å². The zero-order chi connectivity index (χ0) is 17.8. The number of carbonyl (C=O) groups excluding carboxylic acids is 1. The highest BCUT2D eigenvalue weighted by Crippen LogP contribution is 2.29. The maximum Gasteiger partial charge on any atom is 0.248 e. The van der Waals surface area contributed by atoms with Crippen LogP contribution in [0, 0.1) is 0 Å². The van der Waals surface area contributed by atoms with Gasteiger partial charge < -0.3 is 15.7 Å². The lowest BCUT2D eigenvalue weighted by atomic mass is 9.96. The summed E-state index contributed by atoms with van der Waals surface area (Å²) < 4.78 is 0. The van der Waals surface area contributed by atoms with Gasteiger partial charge in [0, 0.05) is 29.7 Å². The monoisotopic (exact) mass is 367 g/mol. The third kappa shape index (κ3) is 6.34. The van der Waals surface area contributed by atoms with Crippen LogP contribution in [-0.2, 0) is 11.3 Å². The van der Waals surface area contributed by atoms with Crippen LogP contribution in [0.25, 0.3) is 0 Å². The van der Waals surface area contributed by atoms with Crippen molar-refractivity contribution in [1.29, 1.82) is 0 Å². The van der Waals surface area contributed by atoms with E-state index in [1.54, 1.807) is 12.1 Å². The van der Waals surface area contributed by atoms with Gasteiger partial charge in [0.05, 0.1) is 0 Å². The largest absolute Gasteiger partial charge is 0.508 e. The van der Waals surface area contributed by atoms with Gasteiger partial charge in [-0.15, -0.1) is 12.4 Å². The highest BCUT2D eigenvalue weighted by atomic mass is 35.5. The fourth-order valence-electron chi connectivity index (χ4n) is 3.21. The number of hydrogen-bond acceptors (Lipinski definition) is 4. The van der Waals surface area contributed by atoms with E-state index in [0.717, 1.165) is 24.1 Å². The molecule has 1 aliphatic rings. The number of phenolic OH excluding ortho intramolecular Hbond substituents is 1. The van der Waals surface area contributed by atoms with Gasteiger partial charge in [-0.2, -0.15) is 0 Å². The Kier molecular flexibility index (Phi) is 7.47. The standard InChI is InChI=1S/C19H29N3O2.ClH/c1-18(2)12-16(19(3,4)22-18)17(24)21-10-6-9-20-13-14-7-5-8-15(23)11-14;/h5,7-8,11-12,20,22-23H,6,9-10,13H2,1-4H3,(H,21,24);1H. The van der Waals surface area contributed by atoms with Gasteiger partial charge in [-0.3, -0.25) is 10.1 Å². The lowest BCUT2D eigenvalue weighted by molar-refractivity contribution is -0.118. The second-order valence-electron chi connectivity index (χ2n) is 7.49. The van der Waals surface area contributed by atoms with Crippen molar-refractivity contribution < 1.29 is 9.90 Å². The highest BCUT2D eigenvalue weighted by molar-refractivity contribution is 5.96. The Morgan fingerprint density at radius 3 is 2.52 bits per heavy atom. The molecular formula is C19H30ClN3O2. The van der Waals surface area contributed by atoms with Gasteiger partial charge in [-0.25, -0.2) is 0 Å². The average Bonchev–Trinajstić information content (AvgIpc) is 2.70. The van der Waals surface area contributed by atoms with Gasteiger partial charge in [-0.1, -0.05) is 18.2 Å². The van der Waals surface area contributed by atoms with Crippen molar-refractivity contribution in [3.8, 4) is 5.75 Å². The number of carbonyl (C=O) groups is 1. The van der Waals surface area contributed by atoms with Crippen LogP contribution in [0.4, 0.5) is 0 Å². The van der Waals surface area contributed by atoms with E-state index in [1.807, 2.05) is 32.1 Å². The number of halogens is 1. The Morgan fingerprint density at radius 2 is 1.92 bits per heavy atom. The van der Waals surface area contributed by atoms with Crippen LogP contribution < -0.4 is 16.0 Å². The molecule has 4 N–H and O–H groups in total. The van der Waals surface area contributed by atoms with Crippen LogP contribution in [0.5, 0.6) is 5.75 Å². The molecule has 0 aromatic heterocycles. The Balaban J connectivity index is 0.00000312. The van der Waals surface area contributed by atoms with Gasteiger partial charge in [0.1, 0.15) is 5.75 Å². The Labute approximate surface area is 156 Å². The average molecular weight is 368 g/mol. The van der Waals surface area contributed by atoms with Gasteiger partial charge in [-0.05, 0) is 58.4 Å². The second-order valence-corrected chi connectivity index (χ2v) is 7.49. The summed E-state index contributed by atoms with van der Waals surface area (Å²) in [5.74, 6) is 0.289. The van der Waals surface area contributed by atoms with Crippen LogP contribution in [-0.4, -0.2) is 35.2 Å². The molecule has 0 radical (unpaired) electrons. The summed E-state index contributed by atoms with van der Waals surface area (Å²) in [6, 6.07) is 7.21. The van der Waals surface area contributed by atoms with Crippen LogP contribution in [0.1, 0.15) is 39.7 Å². The molecule has 1 aromatic carbocycles. The van der Waals surface area contributed by atoms with Crippen molar-refractivity contribution in [3.05, 3.63) is 41.5 Å². The Hall–Kier alpha value is -1.56. The summed E-state index contributed by atoms with van der Waals surface area (Å²) in [6.45, 7) is 10.4. The lowest BCUT2D eigenvalue weighted by Gasteiger charge is -2.27. The number of hydrogen-bond donors (Lipinski definition) is 4. The first-order chi connectivity index (χ1) is 11.2. The van der Waals surface area contributed by atoms with Crippen molar-refractivity contribution in [1.82, 2.24) is 16.0 Å². The molecule has 0 saturated heterocycles. The number of nitrogens with one attached hydrogen (secondary N) is 3. The van der Waals surface area contributed by atoms with Crippen molar-refractivity contribution in [2.45, 2.75) is 51.7 Å². The minimum absolute atomic E-state index is 0. The molecule has 0 saturated carbocycles. The summed E-state index contributed by atoms with van der Waals surface area (Å²) >= 11 is 0. The van der Waals surface area contributed by atoms with Crippen LogP contribution in [0.15, 0.2) is 35.9 Å². The zero-order valence-electron chi connectivity index (χ0n) is 15.5. The van der Waals surface area contributed by atoms with E-state index in [2.05, 4.69) is 29.8 Å². The minimum Gasteiger partial charge on any atom is -0.508 e. The molecule has 1 heterocycles. The third-order valence-corrected chi connectivity index (χ3v) is 4.11. The summed E-state index contributed by atoms with van der Waals surface area (Å²) in [6.07, 6.45) is 2.87. The number of amides is 1. The number of phenols is 1. The molecule has 0 unspecified atom stereocenters. The zero-order valence-corrected chi connectivity index (χ0v) is 16.3. The van der Waals surface area contributed by atoms with Gasteiger partial charge in [0.15, 0.2) is 0 Å². The predicted molar refractivity (Wildman–Crippen MR) is 104 cm³/mol. The van der Waals surface area contributed by atoms with Crippen molar-refractivity contribution in [2.24, 2.45) is 0 Å². The first-order valence-electron chi connectivity index (χ1n) is 8.49. The van der Waals surface area contributed by atoms with Crippen molar-refractivity contribution in [3.63, 3.8) is 0 Å². The molecular weight excluding hydrogens is 338 g/mol. The fourth-order valence-corrected chi connectivity index (χ4v) is 3.21. The summed E-state index contributed by atoms with van der Waals surface area (Å²) in [5.41, 5.74) is 1.39. The Morgan fingerprint density at radius 1 is 1.20 bits per heavy atom. The molecule has 0 spiro atoms. The second kappa shape index (κ2) is 8.70. The topological polar surface area (TPSA) is 73.4 Å². The van der Waals surface area contributed by atoms with Crippen LogP contribution in [0.3, 0.4) is 0 Å². The summed E-state index contributed by atoms with van der Waals surface area (Å²) in [5, 5.41) is 19.2. The molecule has 6 heteroatoms. The quantitative estimate of drug-likeness (QED) is 0.559. The van der Waals surface area contributed by atoms with E-state index in [1.165, 1.54) is 0 Å². The Bertz CT molecular complexity index is 627. The highest BCUT2D eigenvalue weighted by Gasteiger charge is 2.39. The predicted octanol–water partition coefficient (Wildman–Crippen LogP) is 2.50. The van der Waals surface area contributed by atoms with Gasteiger partial charge in [0.25, 0.3) is 0 Å². The molecule has 0 fully saturated rings. The SMILES string of the molecule is CC1(C)C=C(C(=O)NCCCNCc2cccc(O)c2)C(C)(C)N1.Cl. The fraction of sp³-hybridized carbons (Fsp3) is 0.526. The van der Waals surface area contributed by atoms with E-state index >= 15 is 0 Å². The van der Waals surface area contributed by atoms with Gasteiger partial charge in [0.2, 0.25) is 5.91 Å². The smallest absolute Gasteiger partial charge is 0.248 e. The maximum absolute atomic E-state index is 12.4. The molecule has 25 heavy (non-hydrogen) atoms. The molecule has 1 amide bonds. The molecule has 5 nitrogen and oxygen atoms in total. The van der Waals surface area contributed by atoms with E-state index < -0.39 is 0 Å². The third-order valence-electron chi connectivity index (χ3n) is 4.11. The molecule has 1 aliphatic heterocycles. The first-order valence-corrected chi connectivity index (χ1v) is 8.49. The van der Waals surface area contributed by atoms with E-state index in [4.69, 9.17) is 0 Å². The van der Waals surface area contributed by atoms with Crippen LogP contribution >= 0.6 is 12.4 Å².